The molecule has 0 heterocycles. The van der Waals surface area contributed by atoms with Crippen LogP contribution in [0.15, 0.2) is 12.2 Å². The van der Waals surface area contributed by atoms with Crippen LogP contribution in [0.5, 0.6) is 0 Å². The highest BCUT2D eigenvalue weighted by atomic mass is 16.1. The topological polar surface area (TPSA) is 34.1 Å². The summed E-state index contributed by atoms with van der Waals surface area (Å²) in [6, 6.07) is 0. The van der Waals surface area contributed by atoms with Gasteiger partial charge in [-0.3, -0.25) is 4.79 Å². The van der Waals surface area contributed by atoms with E-state index in [1.165, 1.54) is 0 Å². The number of allylic oxidation sites excluding steroid dienone is 2. The van der Waals surface area contributed by atoms with Crippen molar-refractivity contribution in [1.29, 1.82) is 0 Å². The molecule has 2 aliphatic rings. The highest BCUT2D eigenvalue weighted by Gasteiger charge is 2.37. The molecule has 64 valence electrons. The van der Waals surface area contributed by atoms with E-state index in [0.717, 1.165) is 12.7 Å². The third-order valence-corrected chi connectivity index (χ3v) is 2.95. The van der Waals surface area contributed by atoms with Gasteiger partial charge in [0.15, 0.2) is 0 Å². The SMILES string of the molecule is O=CCC1C(=O)CC2C=CC1C2. The minimum absolute atomic E-state index is 0.00231. The third kappa shape index (κ3) is 1.11. The number of fused-ring (bicyclic) bond motifs is 2. The number of ketones is 1. The molecule has 12 heavy (non-hydrogen) atoms. The Kier molecular flexibility index (Phi) is 1.83. The van der Waals surface area contributed by atoms with Crippen molar-refractivity contribution >= 4 is 12.1 Å². The van der Waals surface area contributed by atoms with Crippen molar-refractivity contribution in [2.24, 2.45) is 17.8 Å². The number of carbonyl (C=O) groups is 2. The number of Topliss-reactive ketones (excluding diaryl/α,β-unsaturated/α-hetero) is 1. The second kappa shape index (κ2) is 2.85. The van der Waals surface area contributed by atoms with Crippen molar-refractivity contribution in [3.63, 3.8) is 0 Å². The zero-order valence-corrected chi connectivity index (χ0v) is 6.90. The van der Waals surface area contributed by atoms with E-state index in [-0.39, 0.29) is 11.7 Å². The van der Waals surface area contributed by atoms with Gasteiger partial charge in [-0.1, -0.05) is 12.2 Å². The first-order valence-corrected chi connectivity index (χ1v) is 4.46. The number of hydrogen-bond acceptors (Lipinski definition) is 2. The van der Waals surface area contributed by atoms with Crippen molar-refractivity contribution in [3.05, 3.63) is 12.2 Å². The normalized spacial score (nSPS) is 38.7. The third-order valence-electron chi connectivity index (χ3n) is 2.95. The standard InChI is InChI=1S/C10H12O2/c11-4-3-9-8-2-1-7(5-8)6-10(9)12/h1-2,4,7-9H,3,5-6H2. The predicted molar refractivity (Wildman–Crippen MR) is 44.5 cm³/mol. The lowest BCUT2D eigenvalue weighted by molar-refractivity contribution is -0.128. The highest BCUT2D eigenvalue weighted by molar-refractivity contribution is 5.85. The van der Waals surface area contributed by atoms with Crippen LogP contribution in [-0.2, 0) is 9.59 Å². The molecule has 0 aromatic carbocycles. The number of aldehydes is 1. The van der Waals surface area contributed by atoms with E-state index < -0.39 is 0 Å². The molecule has 0 aromatic rings. The zero-order valence-electron chi connectivity index (χ0n) is 6.90. The largest absolute Gasteiger partial charge is 0.303 e. The Balaban J connectivity index is 2.14. The summed E-state index contributed by atoms with van der Waals surface area (Å²) in [6.45, 7) is 0. The Hall–Kier alpha value is -0.920. The van der Waals surface area contributed by atoms with Crippen molar-refractivity contribution in [1.82, 2.24) is 0 Å². The maximum absolute atomic E-state index is 11.4. The monoisotopic (exact) mass is 164 g/mol. The number of carbonyl (C=O) groups excluding carboxylic acids is 2. The maximum Gasteiger partial charge on any atom is 0.137 e. The van der Waals surface area contributed by atoms with Crippen molar-refractivity contribution < 1.29 is 9.59 Å². The summed E-state index contributed by atoms with van der Waals surface area (Å²) in [5.74, 6) is 1.12. The number of hydrogen-bond donors (Lipinski definition) is 0. The summed E-state index contributed by atoms with van der Waals surface area (Å²) in [6.07, 6.45) is 7.28. The molecule has 2 aliphatic carbocycles. The van der Waals surface area contributed by atoms with Crippen molar-refractivity contribution in [3.8, 4) is 0 Å². The molecule has 2 bridgehead atoms. The first-order valence-electron chi connectivity index (χ1n) is 4.46. The van der Waals surface area contributed by atoms with Crippen molar-refractivity contribution in [2.75, 3.05) is 0 Å². The fourth-order valence-corrected chi connectivity index (χ4v) is 2.31. The van der Waals surface area contributed by atoms with Crippen LogP contribution in [-0.4, -0.2) is 12.1 Å². The summed E-state index contributed by atoms with van der Waals surface area (Å²) in [4.78, 5) is 21.8. The molecule has 0 aromatic heterocycles. The Morgan fingerprint density at radius 2 is 2.33 bits per heavy atom. The second-order valence-electron chi connectivity index (χ2n) is 3.72. The Bertz CT molecular complexity index is 242. The molecule has 2 heteroatoms. The van der Waals surface area contributed by atoms with Crippen LogP contribution < -0.4 is 0 Å². The average Bonchev–Trinajstić information content (AvgIpc) is 2.43. The Labute approximate surface area is 71.6 Å². The van der Waals surface area contributed by atoms with Crippen molar-refractivity contribution in [2.45, 2.75) is 19.3 Å². The molecule has 3 atom stereocenters. The molecule has 1 saturated carbocycles. The van der Waals surface area contributed by atoms with E-state index in [4.69, 9.17) is 0 Å². The first kappa shape index (κ1) is 7.71. The van der Waals surface area contributed by atoms with E-state index in [1.807, 2.05) is 0 Å². The van der Waals surface area contributed by atoms with Gasteiger partial charge >= 0.3 is 0 Å². The predicted octanol–water partition coefficient (Wildman–Crippen LogP) is 1.36. The lowest BCUT2D eigenvalue weighted by atomic mass is 9.77. The van der Waals surface area contributed by atoms with E-state index in [9.17, 15) is 9.59 Å². The number of rotatable bonds is 2. The maximum atomic E-state index is 11.4. The van der Waals surface area contributed by atoms with Gasteiger partial charge in [0.1, 0.15) is 12.1 Å². The molecular weight excluding hydrogens is 152 g/mol. The van der Waals surface area contributed by atoms with Crippen LogP contribution in [0.2, 0.25) is 0 Å². The van der Waals surface area contributed by atoms with E-state index in [2.05, 4.69) is 12.2 Å². The smallest absolute Gasteiger partial charge is 0.137 e. The van der Waals surface area contributed by atoms with Gasteiger partial charge in [0, 0.05) is 18.8 Å². The molecule has 0 amide bonds. The second-order valence-corrected chi connectivity index (χ2v) is 3.72. The van der Waals surface area contributed by atoms with Crippen LogP contribution in [0.3, 0.4) is 0 Å². The fraction of sp³-hybridized carbons (Fsp3) is 0.600. The molecule has 3 unspecified atom stereocenters. The minimum atomic E-state index is -0.00231. The molecule has 2 nitrogen and oxygen atoms in total. The van der Waals surface area contributed by atoms with Crippen LogP contribution in [0, 0.1) is 17.8 Å². The van der Waals surface area contributed by atoms with E-state index >= 15 is 0 Å². The summed E-state index contributed by atoms with van der Waals surface area (Å²) >= 11 is 0. The van der Waals surface area contributed by atoms with Gasteiger partial charge in [-0.2, -0.15) is 0 Å². The van der Waals surface area contributed by atoms with Crippen LogP contribution >= 0.6 is 0 Å². The zero-order chi connectivity index (χ0) is 8.55. The Morgan fingerprint density at radius 3 is 3.08 bits per heavy atom. The summed E-state index contributed by atoms with van der Waals surface area (Å²) in [5.41, 5.74) is 0. The lowest BCUT2D eigenvalue weighted by Crippen LogP contribution is -2.28. The molecule has 1 fully saturated rings. The summed E-state index contributed by atoms with van der Waals surface area (Å²) in [7, 11) is 0. The Morgan fingerprint density at radius 1 is 1.50 bits per heavy atom. The molecule has 0 saturated heterocycles. The van der Waals surface area contributed by atoms with E-state index in [0.29, 0.717) is 24.7 Å². The quantitative estimate of drug-likeness (QED) is 0.456. The molecular formula is C10H12O2. The average molecular weight is 164 g/mol. The van der Waals surface area contributed by atoms with Gasteiger partial charge in [0.25, 0.3) is 0 Å². The van der Waals surface area contributed by atoms with Gasteiger partial charge in [0.05, 0.1) is 0 Å². The lowest BCUT2D eigenvalue weighted by Gasteiger charge is -2.25. The molecule has 2 rings (SSSR count). The van der Waals surface area contributed by atoms with Gasteiger partial charge < -0.3 is 4.79 Å². The van der Waals surface area contributed by atoms with Crippen LogP contribution in [0.1, 0.15) is 19.3 Å². The molecule has 0 aliphatic heterocycles. The van der Waals surface area contributed by atoms with Gasteiger partial charge in [-0.15, -0.1) is 0 Å². The highest BCUT2D eigenvalue weighted by Crippen LogP contribution is 2.39. The van der Waals surface area contributed by atoms with E-state index in [1.54, 1.807) is 0 Å². The van der Waals surface area contributed by atoms with Gasteiger partial charge in [0.2, 0.25) is 0 Å². The molecule has 0 spiro atoms. The summed E-state index contributed by atoms with van der Waals surface area (Å²) in [5, 5.41) is 0. The molecule has 0 radical (unpaired) electrons. The van der Waals surface area contributed by atoms with Gasteiger partial charge in [-0.25, -0.2) is 0 Å². The molecule has 0 N–H and O–H groups in total. The fourth-order valence-electron chi connectivity index (χ4n) is 2.31. The van der Waals surface area contributed by atoms with Crippen LogP contribution in [0.25, 0.3) is 0 Å². The first-order chi connectivity index (χ1) is 5.81. The van der Waals surface area contributed by atoms with Crippen LogP contribution in [0.4, 0.5) is 0 Å². The van der Waals surface area contributed by atoms with Gasteiger partial charge in [-0.05, 0) is 18.3 Å². The summed E-state index contributed by atoms with van der Waals surface area (Å²) < 4.78 is 0. The minimum Gasteiger partial charge on any atom is -0.303 e.